The van der Waals surface area contributed by atoms with Gasteiger partial charge in [-0.15, -0.1) is 0 Å². The predicted molar refractivity (Wildman–Crippen MR) is 61.7 cm³/mol. The molecule has 1 heterocycles. The van der Waals surface area contributed by atoms with Crippen molar-refractivity contribution in [1.29, 1.82) is 0 Å². The summed E-state index contributed by atoms with van der Waals surface area (Å²) in [4.78, 5) is 24.4. The van der Waals surface area contributed by atoms with Crippen LogP contribution >= 0.6 is 0 Å². The second kappa shape index (κ2) is 5.35. The van der Waals surface area contributed by atoms with E-state index in [-0.39, 0.29) is 6.54 Å². The quantitative estimate of drug-likeness (QED) is 0.668. The first-order valence-corrected chi connectivity index (χ1v) is 5.87. The zero-order valence-corrected chi connectivity index (χ0v) is 10.3. The van der Waals surface area contributed by atoms with Crippen LogP contribution in [0.5, 0.6) is 0 Å². The van der Waals surface area contributed by atoms with Crippen LogP contribution in [0, 0.1) is 0 Å². The summed E-state index contributed by atoms with van der Waals surface area (Å²) in [6.45, 7) is 4.11. The third-order valence-corrected chi connectivity index (χ3v) is 3.06. The molecule has 1 aliphatic rings. The topological polar surface area (TPSA) is 89.9 Å². The van der Waals surface area contributed by atoms with Gasteiger partial charge in [0.25, 0.3) is 0 Å². The van der Waals surface area contributed by atoms with Crippen LogP contribution in [-0.4, -0.2) is 51.8 Å². The van der Waals surface area contributed by atoms with Crippen molar-refractivity contribution >= 4 is 12.0 Å². The molecule has 6 nitrogen and oxygen atoms in total. The summed E-state index contributed by atoms with van der Waals surface area (Å²) in [7, 11) is 0. The maximum absolute atomic E-state index is 11.8. The van der Waals surface area contributed by atoms with Gasteiger partial charge in [0, 0.05) is 13.1 Å². The summed E-state index contributed by atoms with van der Waals surface area (Å²) < 4.78 is 0. The van der Waals surface area contributed by atoms with E-state index < -0.39 is 23.6 Å². The highest BCUT2D eigenvalue weighted by Crippen LogP contribution is 2.15. The van der Waals surface area contributed by atoms with Crippen LogP contribution in [0.4, 0.5) is 4.79 Å². The van der Waals surface area contributed by atoms with Crippen LogP contribution in [0.1, 0.15) is 33.1 Å². The first-order chi connectivity index (χ1) is 7.89. The van der Waals surface area contributed by atoms with E-state index in [1.54, 1.807) is 0 Å². The smallest absolute Gasteiger partial charge is 0.329 e. The molecule has 17 heavy (non-hydrogen) atoms. The summed E-state index contributed by atoms with van der Waals surface area (Å²) in [5.74, 6) is -1.03. The molecule has 3 N–H and O–H groups in total. The molecular formula is C11H20N2O4. The molecule has 6 heteroatoms. The Morgan fingerprint density at radius 2 is 2.18 bits per heavy atom. The maximum Gasteiger partial charge on any atom is 0.329 e. The van der Waals surface area contributed by atoms with Gasteiger partial charge in [-0.1, -0.05) is 13.3 Å². The highest BCUT2D eigenvalue weighted by atomic mass is 16.4. The van der Waals surface area contributed by atoms with Crippen molar-refractivity contribution in [1.82, 2.24) is 10.2 Å². The number of rotatable bonds is 4. The maximum atomic E-state index is 11.8. The zero-order chi connectivity index (χ0) is 13.1. The second-order valence-corrected chi connectivity index (χ2v) is 4.71. The lowest BCUT2D eigenvalue weighted by Gasteiger charge is -2.28. The first-order valence-electron chi connectivity index (χ1n) is 5.87. The highest BCUT2D eigenvalue weighted by molar-refractivity contribution is 5.86. The van der Waals surface area contributed by atoms with E-state index in [0.717, 1.165) is 0 Å². The number of aliphatic hydroxyl groups is 1. The van der Waals surface area contributed by atoms with Gasteiger partial charge in [0.2, 0.25) is 0 Å². The van der Waals surface area contributed by atoms with Gasteiger partial charge in [0.1, 0.15) is 5.54 Å². The molecule has 0 bridgehead atoms. The van der Waals surface area contributed by atoms with E-state index in [1.807, 2.05) is 6.92 Å². The van der Waals surface area contributed by atoms with Crippen LogP contribution in [-0.2, 0) is 4.79 Å². The Bertz CT molecular complexity index is 308. The molecule has 1 aliphatic heterocycles. The molecule has 98 valence electrons. The van der Waals surface area contributed by atoms with Crippen molar-refractivity contribution in [3.05, 3.63) is 0 Å². The van der Waals surface area contributed by atoms with E-state index in [2.05, 4.69) is 5.32 Å². The molecule has 0 aromatic heterocycles. The van der Waals surface area contributed by atoms with E-state index >= 15 is 0 Å². The fourth-order valence-corrected chi connectivity index (χ4v) is 1.96. The molecule has 1 rings (SSSR count). The number of hydrogen-bond acceptors (Lipinski definition) is 3. The molecule has 0 aliphatic carbocycles. The normalized spacial score (nSPS) is 23.2. The Kier molecular flexibility index (Phi) is 4.34. The van der Waals surface area contributed by atoms with Gasteiger partial charge in [-0.2, -0.15) is 0 Å². The summed E-state index contributed by atoms with van der Waals surface area (Å²) in [6.07, 6.45) is 1.10. The van der Waals surface area contributed by atoms with Gasteiger partial charge in [0.05, 0.1) is 6.10 Å². The SMILES string of the molecule is CCCC(C)(NC(=O)N1CCC(O)C1)C(=O)O. The van der Waals surface area contributed by atoms with Crippen molar-refractivity contribution in [3.63, 3.8) is 0 Å². The Morgan fingerprint density at radius 3 is 2.59 bits per heavy atom. The number of likely N-dealkylation sites (tertiary alicyclic amines) is 1. The Hall–Kier alpha value is -1.30. The lowest BCUT2D eigenvalue weighted by molar-refractivity contribution is -0.144. The minimum atomic E-state index is -1.24. The Balaban J connectivity index is 2.61. The molecule has 0 spiro atoms. The van der Waals surface area contributed by atoms with Crippen molar-refractivity contribution < 1.29 is 19.8 Å². The number of carboxylic acids is 1. The van der Waals surface area contributed by atoms with Crippen LogP contribution in [0.25, 0.3) is 0 Å². The number of carboxylic acid groups (broad SMARTS) is 1. The summed E-state index contributed by atoms with van der Waals surface area (Å²) in [5, 5.41) is 21.0. The van der Waals surface area contributed by atoms with Gasteiger partial charge in [-0.3, -0.25) is 0 Å². The minimum Gasteiger partial charge on any atom is -0.480 e. The van der Waals surface area contributed by atoms with Crippen LogP contribution in [0.15, 0.2) is 0 Å². The number of nitrogens with one attached hydrogen (secondary N) is 1. The van der Waals surface area contributed by atoms with Crippen LogP contribution < -0.4 is 5.32 Å². The second-order valence-electron chi connectivity index (χ2n) is 4.71. The van der Waals surface area contributed by atoms with Gasteiger partial charge < -0.3 is 20.4 Å². The number of amides is 2. The first kappa shape index (κ1) is 13.8. The molecule has 0 saturated carbocycles. The van der Waals surface area contributed by atoms with Gasteiger partial charge in [-0.25, -0.2) is 9.59 Å². The molecule has 1 fully saturated rings. The number of urea groups is 1. The van der Waals surface area contributed by atoms with E-state index in [0.29, 0.717) is 25.8 Å². The molecule has 2 atom stereocenters. The third kappa shape index (κ3) is 3.33. The lowest BCUT2D eigenvalue weighted by atomic mass is 9.96. The number of aliphatic carboxylic acids is 1. The lowest BCUT2D eigenvalue weighted by Crippen LogP contribution is -2.55. The van der Waals surface area contributed by atoms with Crippen molar-refractivity contribution in [2.75, 3.05) is 13.1 Å². The molecule has 0 aromatic rings. The van der Waals surface area contributed by atoms with E-state index in [1.165, 1.54) is 11.8 Å². The summed E-state index contributed by atoms with van der Waals surface area (Å²) >= 11 is 0. The Labute approximate surface area is 101 Å². The summed E-state index contributed by atoms with van der Waals surface area (Å²) in [6, 6.07) is -0.417. The van der Waals surface area contributed by atoms with Crippen molar-refractivity contribution in [2.24, 2.45) is 0 Å². The predicted octanol–water partition coefficient (Wildman–Crippen LogP) is 0.406. The number of carbonyl (C=O) groups excluding carboxylic acids is 1. The molecule has 0 radical (unpaired) electrons. The van der Waals surface area contributed by atoms with Crippen LogP contribution in [0.2, 0.25) is 0 Å². The average Bonchev–Trinajstić information content (AvgIpc) is 2.65. The number of β-amino-alcohol motifs (C(OH)–C–C–N with tert-alkyl or cyclic N) is 1. The third-order valence-electron chi connectivity index (χ3n) is 3.06. The van der Waals surface area contributed by atoms with Crippen LogP contribution in [0.3, 0.4) is 0 Å². The number of carbonyl (C=O) groups is 2. The highest BCUT2D eigenvalue weighted by Gasteiger charge is 2.36. The monoisotopic (exact) mass is 244 g/mol. The number of aliphatic hydroxyl groups excluding tert-OH is 1. The molecule has 1 saturated heterocycles. The fourth-order valence-electron chi connectivity index (χ4n) is 1.96. The van der Waals surface area contributed by atoms with E-state index in [4.69, 9.17) is 5.11 Å². The van der Waals surface area contributed by atoms with E-state index in [9.17, 15) is 14.7 Å². The number of hydrogen-bond donors (Lipinski definition) is 3. The summed E-state index contributed by atoms with van der Waals surface area (Å²) in [5.41, 5.74) is -1.24. The molecule has 0 aromatic carbocycles. The van der Waals surface area contributed by atoms with Gasteiger partial charge in [-0.05, 0) is 19.8 Å². The fraction of sp³-hybridized carbons (Fsp3) is 0.818. The molecule has 2 amide bonds. The standard InChI is InChI=1S/C11H20N2O4/c1-3-5-11(2,9(15)16)12-10(17)13-6-4-8(14)7-13/h8,14H,3-7H2,1-2H3,(H,12,17)(H,15,16). The number of nitrogens with zero attached hydrogens (tertiary/aromatic N) is 1. The minimum absolute atomic E-state index is 0.271. The van der Waals surface area contributed by atoms with Gasteiger partial charge >= 0.3 is 12.0 Å². The zero-order valence-electron chi connectivity index (χ0n) is 10.3. The molecular weight excluding hydrogens is 224 g/mol. The van der Waals surface area contributed by atoms with Crippen molar-refractivity contribution in [2.45, 2.75) is 44.8 Å². The molecule has 2 unspecified atom stereocenters. The Morgan fingerprint density at radius 1 is 1.53 bits per heavy atom. The average molecular weight is 244 g/mol. The van der Waals surface area contributed by atoms with Gasteiger partial charge in [0.15, 0.2) is 0 Å². The van der Waals surface area contributed by atoms with Crippen molar-refractivity contribution in [3.8, 4) is 0 Å². The largest absolute Gasteiger partial charge is 0.480 e.